The van der Waals surface area contributed by atoms with Crippen molar-refractivity contribution in [2.75, 3.05) is 11.2 Å². The molecule has 7 heteroatoms. The molecular weight excluding hydrogens is 210 g/mol. The standard InChI is InChI=1S/C7H8ClN3O3/c1-11-6(7(13)14)4(3-9-11)10-5(12)2-8/h3H,2H2,1H3,(H,10,12)(H,13,14). The molecule has 2 N–H and O–H groups in total. The second kappa shape index (κ2) is 4.10. The Bertz CT molecular complexity index is 374. The highest BCUT2D eigenvalue weighted by atomic mass is 35.5. The summed E-state index contributed by atoms with van der Waals surface area (Å²) in [7, 11) is 1.47. The average Bonchev–Trinajstić information content (AvgIpc) is 2.46. The van der Waals surface area contributed by atoms with E-state index in [1.54, 1.807) is 0 Å². The minimum Gasteiger partial charge on any atom is -0.476 e. The predicted octanol–water partition coefficient (Wildman–Crippen LogP) is 0.296. The summed E-state index contributed by atoms with van der Waals surface area (Å²) in [6.07, 6.45) is 1.26. The zero-order chi connectivity index (χ0) is 10.7. The molecule has 76 valence electrons. The quantitative estimate of drug-likeness (QED) is 0.713. The van der Waals surface area contributed by atoms with Crippen LogP contribution >= 0.6 is 11.6 Å². The number of halogens is 1. The van der Waals surface area contributed by atoms with Gasteiger partial charge in [-0.15, -0.1) is 11.6 Å². The Morgan fingerprint density at radius 3 is 2.86 bits per heavy atom. The number of carbonyl (C=O) groups excluding carboxylic acids is 1. The van der Waals surface area contributed by atoms with Gasteiger partial charge in [0.25, 0.3) is 0 Å². The highest BCUT2D eigenvalue weighted by molar-refractivity contribution is 6.29. The van der Waals surface area contributed by atoms with Crippen LogP contribution in [0.25, 0.3) is 0 Å². The summed E-state index contributed by atoms with van der Waals surface area (Å²) in [5.41, 5.74) is 0.0640. The van der Waals surface area contributed by atoms with Crippen molar-refractivity contribution >= 4 is 29.2 Å². The molecule has 14 heavy (non-hydrogen) atoms. The number of nitrogens with one attached hydrogen (secondary N) is 1. The van der Waals surface area contributed by atoms with Gasteiger partial charge in [-0.2, -0.15) is 5.10 Å². The summed E-state index contributed by atoms with van der Waals surface area (Å²) in [6.45, 7) is 0. The summed E-state index contributed by atoms with van der Waals surface area (Å²) in [6, 6.07) is 0. The minimum absolute atomic E-state index is 0.0801. The molecule has 0 unspecified atom stereocenters. The molecule has 1 rings (SSSR count). The Morgan fingerprint density at radius 1 is 1.71 bits per heavy atom. The number of anilines is 1. The monoisotopic (exact) mass is 217 g/mol. The first-order chi connectivity index (χ1) is 6.56. The lowest BCUT2D eigenvalue weighted by Gasteiger charge is -2.01. The highest BCUT2D eigenvalue weighted by Gasteiger charge is 2.16. The maximum absolute atomic E-state index is 10.9. The molecule has 0 bridgehead atoms. The van der Waals surface area contributed by atoms with Gasteiger partial charge in [-0.1, -0.05) is 0 Å². The van der Waals surface area contributed by atoms with Gasteiger partial charge in [0, 0.05) is 7.05 Å². The van der Waals surface area contributed by atoms with Crippen molar-refractivity contribution in [1.82, 2.24) is 9.78 Å². The van der Waals surface area contributed by atoms with Crippen LogP contribution in [-0.4, -0.2) is 32.6 Å². The summed E-state index contributed by atoms with van der Waals surface area (Å²) < 4.78 is 1.16. The molecule has 0 aliphatic heterocycles. The number of aryl methyl sites for hydroxylation is 1. The first kappa shape index (κ1) is 10.5. The SMILES string of the molecule is Cn1ncc(NC(=O)CCl)c1C(=O)O. The van der Waals surface area contributed by atoms with E-state index in [4.69, 9.17) is 16.7 Å². The third-order valence-electron chi connectivity index (χ3n) is 1.54. The Kier molecular flexibility index (Phi) is 3.08. The van der Waals surface area contributed by atoms with Crippen molar-refractivity contribution in [3.8, 4) is 0 Å². The van der Waals surface area contributed by atoms with Crippen LogP contribution in [0.15, 0.2) is 6.20 Å². The van der Waals surface area contributed by atoms with Crippen LogP contribution < -0.4 is 5.32 Å². The van der Waals surface area contributed by atoms with E-state index in [0.29, 0.717) is 0 Å². The minimum atomic E-state index is -1.16. The van der Waals surface area contributed by atoms with Crippen LogP contribution in [0.4, 0.5) is 5.69 Å². The summed E-state index contributed by atoms with van der Waals surface area (Å²) in [4.78, 5) is 21.6. The topological polar surface area (TPSA) is 84.2 Å². The van der Waals surface area contributed by atoms with Crippen LogP contribution in [-0.2, 0) is 11.8 Å². The first-order valence-electron chi connectivity index (χ1n) is 3.67. The Hall–Kier alpha value is -1.56. The molecule has 0 aromatic carbocycles. The lowest BCUT2D eigenvalue weighted by Crippen LogP contribution is -2.16. The van der Waals surface area contributed by atoms with Crippen LogP contribution in [0.1, 0.15) is 10.5 Å². The number of carbonyl (C=O) groups is 2. The molecular formula is C7H8ClN3O3. The van der Waals surface area contributed by atoms with Crippen molar-refractivity contribution in [1.29, 1.82) is 0 Å². The number of nitrogens with zero attached hydrogens (tertiary/aromatic N) is 2. The number of carboxylic acid groups (broad SMARTS) is 1. The smallest absolute Gasteiger partial charge is 0.356 e. The van der Waals surface area contributed by atoms with Crippen molar-refractivity contribution in [3.05, 3.63) is 11.9 Å². The molecule has 0 fully saturated rings. The van der Waals surface area contributed by atoms with Crippen molar-refractivity contribution in [3.63, 3.8) is 0 Å². The zero-order valence-electron chi connectivity index (χ0n) is 7.32. The van der Waals surface area contributed by atoms with E-state index in [0.717, 1.165) is 4.68 Å². The molecule has 0 saturated carbocycles. The molecule has 0 aliphatic carbocycles. The molecule has 1 aromatic rings. The van der Waals surface area contributed by atoms with Gasteiger partial charge >= 0.3 is 5.97 Å². The number of hydrogen-bond donors (Lipinski definition) is 2. The molecule has 0 radical (unpaired) electrons. The number of aromatic nitrogens is 2. The molecule has 1 amide bonds. The summed E-state index contributed by atoms with van der Waals surface area (Å²) in [5.74, 6) is -1.86. The molecule has 1 aromatic heterocycles. The van der Waals surface area contributed by atoms with Gasteiger partial charge in [0.15, 0.2) is 5.69 Å². The van der Waals surface area contributed by atoms with Crippen LogP contribution in [0.2, 0.25) is 0 Å². The van der Waals surface area contributed by atoms with Gasteiger partial charge in [0.05, 0.1) is 11.9 Å². The molecule has 0 spiro atoms. The molecule has 1 heterocycles. The van der Waals surface area contributed by atoms with E-state index < -0.39 is 11.9 Å². The van der Waals surface area contributed by atoms with E-state index in [1.165, 1.54) is 13.2 Å². The fourth-order valence-corrected chi connectivity index (χ4v) is 1.03. The maximum Gasteiger partial charge on any atom is 0.356 e. The number of hydrogen-bond acceptors (Lipinski definition) is 3. The maximum atomic E-state index is 10.9. The zero-order valence-corrected chi connectivity index (χ0v) is 8.08. The molecule has 6 nitrogen and oxygen atoms in total. The van der Waals surface area contributed by atoms with Crippen LogP contribution in [0.3, 0.4) is 0 Å². The van der Waals surface area contributed by atoms with Gasteiger partial charge in [-0.3, -0.25) is 9.48 Å². The Labute approximate surface area is 84.5 Å². The number of carboxylic acids is 1. The Morgan fingerprint density at radius 2 is 2.36 bits per heavy atom. The van der Waals surface area contributed by atoms with Crippen molar-refractivity contribution in [2.24, 2.45) is 7.05 Å². The second-order valence-electron chi connectivity index (χ2n) is 2.52. The number of amides is 1. The highest BCUT2D eigenvalue weighted by Crippen LogP contribution is 2.13. The predicted molar refractivity (Wildman–Crippen MR) is 49.5 cm³/mol. The van der Waals surface area contributed by atoms with E-state index >= 15 is 0 Å². The van der Waals surface area contributed by atoms with E-state index in [9.17, 15) is 9.59 Å². The third-order valence-corrected chi connectivity index (χ3v) is 1.78. The first-order valence-corrected chi connectivity index (χ1v) is 4.20. The van der Waals surface area contributed by atoms with Crippen molar-refractivity contribution < 1.29 is 14.7 Å². The normalized spacial score (nSPS) is 9.86. The van der Waals surface area contributed by atoms with E-state index in [-0.39, 0.29) is 17.3 Å². The lowest BCUT2D eigenvalue weighted by atomic mass is 10.3. The van der Waals surface area contributed by atoms with Crippen LogP contribution in [0.5, 0.6) is 0 Å². The third kappa shape index (κ3) is 2.02. The van der Waals surface area contributed by atoms with Gasteiger partial charge in [-0.25, -0.2) is 4.79 Å². The summed E-state index contributed by atoms with van der Waals surface area (Å²) in [5, 5.41) is 14.8. The van der Waals surface area contributed by atoms with Crippen molar-refractivity contribution in [2.45, 2.75) is 0 Å². The largest absolute Gasteiger partial charge is 0.476 e. The lowest BCUT2D eigenvalue weighted by molar-refractivity contribution is -0.113. The average molecular weight is 218 g/mol. The van der Waals surface area contributed by atoms with E-state index in [1.807, 2.05) is 0 Å². The van der Waals surface area contributed by atoms with E-state index in [2.05, 4.69) is 10.4 Å². The molecule has 0 saturated heterocycles. The van der Waals surface area contributed by atoms with Gasteiger partial charge in [0.2, 0.25) is 5.91 Å². The Balaban J connectivity index is 2.98. The van der Waals surface area contributed by atoms with Gasteiger partial charge in [-0.05, 0) is 0 Å². The van der Waals surface area contributed by atoms with Crippen LogP contribution in [0, 0.1) is 0 Å². The number of aromatic carboxylic acids is 1. The summed E-state index contributed by atoms with van der Waals surface area (Å²) >= 11 is 5.25. The number of rotatable bonds is 3. The molecule has 0 atom stereocenters. The molecule has 0 aliphatic rings. The van der Waals surface area contributed by atoms with Gasteiger partial charge in [0.1, 0.15) is 5.88 Å². The van der Waals surface area contributed by atoms with Gasteiger partial charge < -0.3 is 10.4 Å². The fraction of sp³-hybridized carbons (Fsp3) is 0.286. The number of alkyl halides is 1. The fourth-order valence-electron chi connectivity index (χ4n) is 0.966. The second-order valence-corrected chi connectivity index (χ2v) is 2.78.